The summed E-state index contributed by atoms with van der Waals surface area (Å²) in [5, 5.41) is 2.73. The van der Waals surface area contributed by atoms with E-state index in [0.29, 0.717) is 23.6 Å². The number of benzene rings is 1. The third kappa shape index (κ3) is 1.68. The van der Waals surface area contributed by atoms with E-state index in [-0.39, 0.29) is 12.1 Å². The first kappa shape index (κ1) is 9.34. The van der Waals surface area contributed by atoms with E-state index in [1.807, 2.05) is 12.1 Å². The number of carbonyl (C=O) groups is 1. The minimum atomic E-state index is -0.296. The smallest absolute Gasteiger partial charge is 0.257 e. The highest BCUT2D eigenvalue weighted by atomic mass is 35.5. The van der Waals surface area contributed by atoms with Gasteiger partial charge < -0.3 is 10.1 Å². The molecule has 4 heteroatoms. The highest BCUT2D eigenvalue weighted by molar-refractivity contribution is 6.17. The zero-order chi connectivity index (χ0) is 9.97. The Kier molecular flexibility index (Phi) is 2.59. The van der Waals surface area contributed by atoms with Gasteiger partial charge in [0.05, 0.1) is 5.56 Å². The topological polar surface area (TPSA) is 38.3 Å². The quantitative estimate of drug-likeness (QED) is 0.758. The van der Waals surface area contributed by atoms with Crippen LogP contribution < -0.4 is 10.1 Å². The number of alkyl halides is 1. The number of nitrogens with one attached hydrogen (secondary N) is 1. The molecule has 2 rings (SSSR count). The van der Waals surface area contributed by atoms with Crippen LogP contribution in [0.1, 0.15) is 16.8 Å². The molecule has 0 fully saturated rings. The predicted molar refractivity (Wildman–Crippen MR) is 53.7 cm³/mol. The zero-order valence-electron chi connectivity index (χ0n) is 7.50. The van der Waals surface area contributed by atoms with Crippen LogP contribution in [-0.2, 0) is 0 Å². The maximum Gasteiger partial charge on any atom is 0.257 e. The molecule has 14 heavy (non-hydrogen) atoms. The molecule has 0 saturated heterocycles. The van der Waals surface area contributed by atoms with Gasteiger partial charge in [-0.15, -0.1) is 11.6 Å². The minimum Gasteiger partial charge on any atom is -0.470 e. The largest absolute Gasteiger partial charge is 0.470 e. The molecular weight excluding hydrogens is 202 g/mol. The Hall–Kier alpha value is -1.22. The van der Waals surface area contributed by atoms with Crippen LogP contribution in [0.25, 0.3) is 0 Å². The first-order chi connectivity index (χ1) is 6.81. The highest BCUT2D eigenvalue weighted by Gasteiger charge is 2.23. The predicted octanol–water partition coefficient (Wildman–Crippen LogP) is 1.76. The second kappa shape index (κ2) is 3.88. The van der Waals surface area contributed by atoms with Gasteiger partial charge in [-0.05, 0) is 12.1 Å². The molecule has 0 aromatic heterocycles. The van der Waals surface area contributed by atoms with Crippen molar-refractivity contribution in [2.75, 3.05) is 5.88 Å². The standard InChI is InChI=1S/C10H10ClNO2/c11-6-5-9-12-10(13)7-3-1-2-4-8(7)14-9/h1-4,9H,5-6H2,(H,12,13)/t9-/m0/s1. The fourth-order valence-corrected chi connectivity index (χ4v) is 1.59. The van der Waals surface area contributed by atoms with Gasteiger partial charge >= 0.3 is 0 Å². The van der Waals surface area contributed by atoms with E-state index in [9.17, 15) is 4.79 Å². The van der Waals surface area contributed by atoms with Crippen molar-refractivity contribution in [1.82, 2.24) is 5.32 Å². The summed E-state index contributed by atoms with van der Waals surface area (Å²) in [5.41, 5.74) is 0.582. The third-order valence-corrected chi connectivity index (χ3v) is 2.28. The average Bonchev–Trinajstić information content (AvgIpc) is 2.18. The van der Waals surface area contributed by atoms with Crippen molar-refractivity contribution in [3.05, 3.63) is 29.8 Å². The van der Waals surface area contributed by atoms with Crippen LogP contribution >= 0.6 is 11.6 Å². The minimum absolute atomic E-state index is 0.0954. The van der Waals surface area contributed by atoms with Crippen LogP contribution in [0.4, 0.5) is 0 Å². The third-order valence-electron chi connectivity index (χ3n) is 2.06. The van der Waals surface area contributed by atoms with E-state index >= 15 is 0 Å². The Bertz CT molecular complexity index is 354. The van der Waals surface area contributed by atoms with Gasteiger partial charge in [-0.3, -0.25) is 4.79 Å². The van der Waals surface area contributed by atoms with Crippen LogP contribution in [0.15, 0.2) is 24.3 Å². The molecule has 1 heterocycles. The van der Waals surface area contributed by atoms with Crippen molar-refractivity contribution >= 4 is 17.5 Å². The fourth-order valence-electron chi connectivity index (χ4n) is 1.39. The molecule has 0 spiro atoms. The molecular formula is C10H10ClNO2. The van der Waals surface area contributed by atoms with Gasteiger partial charge in [0, 0.05) is 12.3 Å². The highest BCUT2D eigenvalue weighted by Crippen LogP contribution is 2.23. The lowest BCUT2D eigenvalue weighted by Crippen LogP contribution is -2.43. The zero-order valence-corrected chi connectivity index (χ0v) is 8.25. The number of hydrogen-bond donors (Lipinski definition) is 1. The Morgan fingerprint density at radius 2 is 2.21 bits per heavy atom. The monoisotopic (exact) mass is 211 g/mol. The van der Waals surface area contributed by atoms with E-state index < -0.39 is 0 Å². The first-order valence-corrected chi connectivity index (χ1v) is 4.97. The second-order valence-electron chi connectivity index (χ2n) is 3.05. The average molecular weight is 212 g/mol. The van der Waals surface area contributed by atoms with E-state index in [4.69, 9.17) is 16.3 Å². The SMILES string of the molecule is O=C1N[C@H](CCCl)Oc2ccccc21. The fraction of sp³-hybridized carbons (Fsp3) is 0.300. The van der Waals surface area contributed by atoms with Crippen molar-refractivity contribution in [2.45, 2.75) is 12.6 Å². The van der Waals surface area contributed by atoms with Crippen LogP contribution in [0, 0.1) is 0 Å². The molecule has 0 unspecified atom stereocenters. The summed E-state index contributed by atoms with van der Waals surface area (Å²) in [5.74, 6) is 1.00. The summed E-state index contributed by atoms with van der Waals surface area (Å²) in [7, 11) is 0. The van der Waals surface area contributed by atoms with Gasteiger partial charge in [-0.1, -0.05) is 12.1 Å². The lowest BCUT2D eigenvalue weighted by molar-refractivity contribution is 0.0752. The molecule has 1 aromatic carbocycles. The molecule has 3 nitrogen and oxygen atoms in total. The number of halogens is 1. The Morgan fingerprint density at radius 3 is 3.00 bits per heavy atom. The maximum absolute atomic E-state index is 11.5. The van der Waals surface area contributed by atoms with Crippen molar-refractivity contribution < 1.29 is 9.53 Å². The molecule has 74 valence electrons. The Labute approximate surface area is 87.0 Å². The number of ether oxygens (including phenoxy) is 1. The van der Waals surface area contributed by atoms with Gasteiger partial charge in [-0.2, -0.15) is 0 Å². The maximum atomic E-state index is 11.5. The Morgan fingerprint density at radius 1 is 1.43 bits per heavy atom. The second-order valence-corrected chi connectivity index (χ2v) is 3.43. The van der Waals surface area contributed by atoms with Gasteiger partial charge in [0.25, 0.3) is 5.91 Å². The lowest BCUT2D eigenvalue weighted by Gasteiger charge is -2.25. The lowest BCUT2D eigenvalue weighted by atomic mass is 10.1. The van der Waals surface area contributed by atoms with Crippen molar-refractivity contribution in [1.29, 1.82) is 0 Å². The van der Waals surface area contributed by atoms with E-state index in [0.717, 1.165) is 0 Å². The summed E-state index contributed by atoms with van der Waals surface area (Å²) < 4.78 is 5.53. The summed E-state index contributed by atoms with van der Waals surface area (Å²) in [4.78, 5) is 11.5. The van der Waals surface area contributed by atoms with Crippen LogP contribution in [-0.4, -0.2) is 18.0 Å². The number of carbonyl (C=O) groups excluding carboxylic acids is 1. The van der Waals surface area contributed by atoms with Crippen LogP contribution in [0.5, 0.6) is 5.75 Å². The first-order valence-electron chi connectivity index (χ1n) is 4.44. The molecule has 0 bridgehead atoms. The molecule has 0 radical (unpaired) electrons. The van der Waals surface area contributed by atoms with Gasteiger partial charge in [0.15, 0.2) is 6.23 Å². The van der Waals surface area contributed by atoms with E-state index in [1.165, 1.54) is 0 Å². The Balaban J connectivity index is 2.24. The van der Waals surface area contributed by atoms with Crippen molar-refractivity contribution in [2.24, 2.45) is 0 Å². The number of fused-ring (bicyclic) bond motifs is 1. The van der Waals surface area contributed by atoms with Crippen molar-refractivity contribution in [3.63, 3.8) is 0 Å². The van der Waals surface area contributed by atoms with Crippen LogP contribution in [0.3, 0.4) is 0 Å². The van der Waals surface area contributed by atoms with E-state index in [1.54, 1.807) is 12.1 Å². The molecule has 0 aliphatic carbocycles. The summed E-state index contributed by atoms with van der Waals surface area (Å²) in [6.07, 6.45) is 0.316. The molecule has 1 amide bonds. The summed E-state index contributed by atoms with van der Waals surface area (Å²) in [6, 6.07) is 7.18. The molecule has 0 saturated carbocycles. The van der Waals surface area contributed by atoms with Crippen molar-refractivity contribution in [3.8, 4) is 5.75 Å². The van der Waals surface area contributed by atoms with Gasteiger partial charge in [0.1, 0.15) is 5.75 Å². The molecule has 1 aliphatic rings. The number of para-hydroxylation sites is 1. The van der Waals surface area contributed by atoms with Gasteiger partial charge in [-0.25, -0.2) is 0 Å². The normalized spacial score (nSPS) is 19.5. The van der Waals surface area contributed by atoms with Crippen LogP contribution in [0.2, 0.25) is 0 Å². The number of amides is 1. The number of hydrogen-bond acceptors (Lipinski definition) is 2. The molecule has 1 aliphatic heterocycles. The van der Waals surface area contributed by atoms with Gasteiger partial charge in [0.2, 0.25) is 0 Å². The molecule has 1 atom stereocenters. The molecule has 1 N–H and O–H groups in total. The summed E-state index contributed by atoms with van der Waals surface area (Å²) >= 11 is 5.58. The summed E-state index contributed by atoms with van der Waals surface area (Å²) in [6.45, 7) is 0. The molecule has 1 aromatic rings. The number of rotatable bonds is 2. The van der Waals surface area contributed by atoms with E-state index in [2.05, 4.69) is 5.32 Å².